The highest BCUT2D eigenvalue weighted by molar-refractivity contribution is 6.37. The number of halogens is 1. The number of esters is 1. The number of carbonyl (C=O) groups excluding carboxylic acids is 2. The minimum atomic E-state index is -0.980. The number of rotatable bonds is 4. The van der Waals surface area contributed by atoms with Gasteiger partial charge >= 0.3 is 11.9 Å². The molecule has 0 aliphatic rings. The van der Waals surface area contributed by atoms with Gasteiger partial charge in [0.15, 0.2) is 11.5 Å². The monoisotopic (exact) mass is 425 g/mol. The first-order chi connectivity index (χ1) is 14.5. The molecule has 152 valence electrons. The molecule has 1 N–H and O–H groups in total. The quantitative estimate of drug-likeness (QED) is 0.394. The molecule has 1 amide bonds. The number of aromatic nitrogens is 6. The van der Waals surface area contributed by atoms with Gasteiger partial charge in [-0.05, 0) is 38.1 Å². The Morgan fingerprint density at radius 1 is 1.17 bits per heavy atom. The average Bonchev–Trinajstić information content (AvgIpc) is 3.32. The number of nitrogens with one attached hydrogen (secondary N) is 1. The van der Waals surface area contributed by atoms with Crippen molar-refractivity contribution in [2.45, 2.75) is 13.8 Å². The van der Waals surface area contributed by atoms with Crippen molar-refractivity contribution in [3.63, 3.8) is 0 Å². The van der Waals surface area contributed by atoms with E-state index in [0.717, 1.165) is 5.69 Å². The van der Waals surface area contributed by atoms with E-state index < -0.39 is 11.9 Å². The summed E-state index contributed by atoms with van der Waals surface area (Å²) in [6, 6.07) is 8.77. The van der Waals surface area contributed by atoms with Crippen LogP contribution in [0.1, 0.15) is 12.6 Å². The van der Waals surface area contributed by atoms with Gasteiger partial charge in [0.05, 0.1) is 29.6 Å². The molecule has 0 bridgehead atoms. The van der Waals surface area contributed by atoms with Crippen LogP contribution in [0.4, 0.5) is 5.82 Å². The van der Waals surface area contributed by atoms with Gasteiger partial charge in [-0.1, -0.05) is 11.6 Å². The zero-order valence-corrected chi connectivity index (χ0v) is 16.8. The fraction of sp³-hybridized carbons (Fsp3) is 0.158. The number of benzene rings is 1. The average molecular weight is 426 g/mol. The second kappa shape index (κ2) is 7.91. The van der Waals surface area contributed by atoms with Crippen LogP contribution >= 0.6 is 11.6 Å². The molecule has 4 aromatic rings. The second-order valence-electron chi connectivity index (χ2n) is 6.22. The molecule has 0 atom stereocenters. The normalized spacial score (nSPS) is 10.9. The van der Waals surface area contributed by atoms with Gasteiger partial charge in [-0.2, -0.15) is 14.9 Å². The van der Waals surface area contributed by atoms with Crippen LogP contribution in [-0.4, -0.2) is 48.0 Å². The Morgan fingerprint density at radius 2 is 1.93 bits per heavy atom. The topological polar surface area (TPSA) is 117 Å². The molecular weight excluding hydrogens is 410 g/mol. The fourth-order valence-corrected chi connectivity index (χ4v) is 3.01. The van der Waals surface area contributed by atoms with Gasteiger partial charge in [-0.3, -0.25) is 4.79 Å². The zero-order valence-electron chi connectivity index (χ0n) is 16.0. The predicted molar refractivity (Wildman–Crippen MR) is 109 cm³/mol. The minimum absolute atomic E-state index is 0.0982. The Morgan fingerprint density at radius 3 is 2.67 bits per heavy atom. The second-order valence-corrected chi connectivity index (χ2v) is 6.66. The van der Waals surface area contributed by atoms with Crippen LogP contribution in [0.3, 0.4) is 0 Å². The lowest BCUT2D eigenvalue weighted by molar-refractivity contribution is -0.152. The van der Waals surface area contributed by atoms with E-state index in [2.05, 4.69) is 25.5 Å². The number of nitrogens with zero attached hydrogens (tertiary/aromatic N) is 6. The van der Waals surface area contributed by atoms with Gasteiger partial charge < -0.3 is 10.1 Å². The fourth-order valence-electron chi connectivity index (χ4n) is 2.89. The number of amides is 1. The van der Waals surface area contributed by atoms with Crippen molar-refractivity contribution >= 4 is 40.3 Å². The van der Waals surface area contributed by atoms with Gasteiger partial charge in [0, 0.05) is 11.1 Å². The maximum absolute atomic E-state index is 12.1. The minimum Gasteiger partial charge on any atom is -0.459 e. The molecule has 0 spiro atoms. The number of hydrogen-bond acceptors (Lipinski definition) is 7. The van der Waals surface area contributed by atoms with Crippen molar-refractivity contribution in [1.82, 2.24) is 29.5 Å². The maximum atomic E-state index is 12.1. The van der Waals surface area contributed by atoms with Crippen LogP contribution in [0.15, 0.2) is 42.9 Å². The molecule has 0 aliphatic carbocycles. The van der Waals surface area contributed by atoms with E-state index in [4.69, 9.17) is 16.3 Å². The van der Waals surface area contributed by atoms with Crippen LogP contribution in [0.25, 0.3) is 22.5 Å². The molecule has 4 rings (SSSR count). The molecular formula is C19H16ClN7O3. The summed E-state index contributed by atoms with van der Waals surface area (Å²) in [7, 11) is 0. The Hall–Kier alpha value is -3.79. The summed E-state index contributed by atoms with van der Waals surface area (Å²) in [5.74, 6) is -1.22. The van der Waals surface area contributed by atoms with Gasteiger partial charge in [-0.25, -0.2) is 19.4 Å². The molecule has 30 heavy (non-hydrogen) atoms. The van der Waals surface area contributed by atoms with Crippen LogP contribution in [0.5, 0.6) is 0 Å². The number of carbonyl (C=O) groups is 2. The van der Waals surface area contributed by atoms with Crippen molar-refractivity contribution in [3.05, 3.63) is 53.6 Å². The molecule has 0 radical (unpaired) electrons. The van der Waals surface area contributed by atoms with Gasteiger partial charge in [0.1, 0.15) is 12.1 Å². The summed E-state index contributed by atoms with van der Waals surface area (Å²) in [5.41, 5.74) is 1.93. The third-order valence-corrected chi connectivity index (χ3v) is 4.40. The molecule has 0 saturated heterocycles. The molecule has 1 aromatic carbocycles. The number of fused-ring (bicyclic) bond motifs is 1. The third kappa shape index (κ3) is 3.60. The Balaban J connectivity index is 1.77. The smallest absolute Gasteiger partial charge is 0.397 e. The molecule has 0 unspecified atom stereocenters. The van der Waals surface area contributed by atoms with Gasteiger partial charge in [0.25, 0.3) is 0 Å². The first-order valence-electron chi connectivity index (χ1n) is 8.97. The van der Waals surface area contributed by atoms with Gasteiger partial charge in [-0.15, -0.1) is 0 Å². The molecule has 10 nitrogen and oxygen atoms in total. The lowest BCUT2D eigenvalue weighted by Crippen LogP contribution is -2.26. The highest BCUT2D eigenvalue weighted by Gasteiger charge is 2.21. The lowest BCUT2D eigenvalue weighted by Gasteiger charge is -2.09. The summed E-state index contributed by atoms with van der Waals surface area (Å²) in [5, 5.41) is 12.5. The Labute approximate surface area is 175 Å². The summed E-state index contributed by atoms with van der Waals surface area (Å²) in [6.07, 6.45) is 2.98. The van der Waals surface area contributed by atoms with Crippen molar-refractivity contribution in [2.24, 2.45) is 0 Å². The van der Waals surface area contributed by atoms with Gasteiger partial charge in [0.2, 0.25) is 0 Å². The van der Waals surface area contributed by atoms with E-state index in [1.54, 1.807) is 42.9 Å². The van der Waals surface area contributed by atoms with Crippen molar-refractivity contribution < 1.29 is 14.3 Å². The first-order valence-corrected chi connectivity index (χ1v) is 9.35. The summed E-state index contributed by atoms with van der Waals surface area (Å²) in [4.78, 5) is 32.4. The molecule has 0 saturated carbocycles. The van der Waals surface area contributed by atoms with Crippen molar-refractivity contribution in [2.75, 3.05) is 11.9 Å². The lowest BCUT2D eigenvalue weighted by atomic mass is 10.3. The van der Waals surface area contributed by atoms with E-state index in [1.807, 2.05) is 12.1 Å². The maximum Gasteiger partial charge on any atom is 0.397 e. The SMILES string of the molecule is CCOC(=O)C(=O)Nc1cc(C)nn1-c1ncnc2c1cnn2-c1ccc(Cl)cc1. The van der Waals surface area contributed by atoms with E-state index in [-0.39, 0.29) is 12.4 Å². The van der Waals surface area contributed by atoms with E-state index in [0.29, 0.717) is 27.6 Å². The molecule has 3 heterocycles. The van der Waals surface area contributed by atoms with Crippen LogP contribution < -0.4 is 5.32 Å². The van der Waals surface area contributed by atoms with Crippen LogP contribution in [0, 0.1) is 6.92 Å². The van der Waals surface area contributed by atoms with Crippen molar-refractivity contribution in [3.8, 4) is 11.5 Å². The first kappa shape index (κ1) is 19.5. The summed E-state index contributed by atoms with van der Waals surface area (Å²) in [6.45, 7) is 3.47. The van der Waals surface area contributed by atoms with Crippen LogP contribution in [-0.2, 0) is 14.3 Å². The predicted octanol–water partition coefficient (Wildman–Crippen LogP) is 2.46. The number of anilines is 1. The standard InChI is InChI=1S/C19H16ClN7O3/c1-3-30-19(29)18(28)24-15-8-11(2)25-27(15)17-14-9-23-26(16(14)21-10-22-17)13-6-4-12(20)5-7-13/h4-10H,3H2,1-2H3,(H,24,28). The highest BCUT2D eigenvalue weighted by Crippen LogP contribution is 2.24. The Kier molecular flexibility index (Phi) is 5.15. The highest BCUT2D eigenvalue weighted by atomic mass is 35.5. The van der Waals surface area contributed by atoms with E-state index in [9.17, 15) is 9.59 Å². The molecule has 3 aromatic heterocycles. The number of hydrogen-bond donors (Lipinski definition) is 1. The summed E-state index contributed by atoms with van der Waals surface area (Å²) >= 11 is 5.97. The summed E-state index contributed by atoms with van der Waals surface area (Å²) < 4.78 is 7.79. The van der Waals surface area contributed by atoms with Crippen LogP contribution in [0.2, 0.25) is 5.02 Å². The zero-order chi connectivity index (χ0) is 21.3. The van der Waals surface area contributed by atoms with E-state index in [1.165, 1.54) is 11.0 Å². The Bertz CT molecular complexity index is 1250. The number of ether oxygens (including phenoxy) is 1. The van der Waals surface area contributed by atoms with Crippen molar-refractivity contribution in [1.29, 1.82) is 0 Å². The largest absolute Gasteiger partial charge is 0.459 e. The molecule has 0 aliphatic heterocycles. The number of aryl methyl sites for hydroxylation is 1. The van der Waals surface area contributed by atoms with E-state index >= 15 is 0 Å². The third-order valence-electron chi connectivity index (χ3n) is 4.15. The molecule has 0 fully saturated rings. The molecule has 11 heteroatoms.